The van der Waals surface area contributed by atoms with Crippen LogP contribution in [0.2, 0.25) is 0 Å². The molecule has 0 bridgehead atoms. The van der Waals surface area contributed by atoms with Crippen molar-refractivity contribution >= 4 is 35.3 Å². The van der Waals surface area contributed by atoms with Gasteiger partial charge in [-0.25, -0.2) is 0 Å². The van der Waals surface area contributed by atoms with Crippen LogP contribution in [0.5, 0.6) is 0 Å². The van der Waals surface area contributed by atoms with E-state index in [1.54, 1.807) is 30.6 Å². The molecular formula is C8H14O2S3. The van der Waals surface area contributed by atoms with Crippen LogP contribution in [0.25, 0.3) is 0 Å². The van der Waals surface area contributed by atoms with E-state index in [1.807, 2.05) is 11.8 Å². The van der Waals surface area contributed by atoms with Crippen molar-refractivity contribution in [1.82, 2.24) is 0 Å². The smallest absolute Gasteiger partial charge is 0.162 e. The molecule has 0 aromatic rings. The first kappa shape index (κ1) is 11.6. The molecular weight excluding hydrogens is 224 g/mol. The van der Waals surface area contributed by atoms with Gasteiger partial charge in [0.2, 0.25) is 0 Å². The van der Waals surface area contributed by atoms with Crippen molar-refractivity contribution in [2.75, 3.05) is 31.5 Å². The van der Waals surface area contributed by atoms with Crippen LogP contribution in [-0.2, 0) is 9.47 Å². The summed E-state index contributed by atoms with van der Waals surface area (Å²) < 4.78 is 10.6. The number of ether oxygens (including phenoxy) is 2. The molecule has 0 aliphatic carbocycles. The van der Waals surface area contributed by atoms with Gasteiger partial charge >= 0.3 is 0 Å². The summed E-state index contributed by atoms with van der Waals surface area (Å²) in [5.41, 5.74) is 0.187. The van der Waals surface area contributed by atoms with Gasteiger partial charge in [-0.1, -0.05) is 11.8 Å². The highest BCUT2D eigenvalue weighted by Gasteiger charge is 2.20. The lowest BCUT2D eigenvalue weighted by Gasteiger charge is -1.98. The van der Waals surface area contributed by atoms with E-state index in [0.717, 1.165) is 10.8 Å². The molecule has 1 atom stereocenters. The quantitative estimate of drug-likeness (QED) is 0.683. The second-order valence-electron chi connectivity index (χ2n) is 2.39. The van der Waals surface area contributed by atoms with Crippen molar-refractivity contribution in [3.8, 4) is 0 Å². The highest BCUT2D eigenvalue weighted by atomic mass is 32.2. The first-order chi connectivity index (χ1) is 6.36. The van der Waals surface area contributed by atoms with E-state index in [9.17, 15) is 0 Å². The Morgan fingerprint density at radius 1 is 1.69 bits per heavy atom. The Kier molecular flexibility index (Phi) is 6.19. The third kappa shape index (κ3) is 4.54. The van der Waals surface area contributed by atoms with Gasteiger partial charge in [0.1, 0.15) is 12.0 Å². The van der Waals surface area contributed by atoms with Crippen LogP contribution in [0.15, 0.2) is 10.5 Å². The number of hydrogen-bond acceptors (Lipinski definition) is 5. The highest BCUT2D eigenvalue weighted by molar-refractivity contribution is 8.07. The maximum Gasteiger partial charge on any atom is 0.162 e. The van der Waals surface area contributed by atoms with E-state index in [4.69, 9.17) is 9.47 Å². The Balaban J connectivity index is 2.13. The highest BCUT2D eigenvalue weighted by Crippen LogP contribution is 2.32. The van der Waals surface area contributed by atoms with Crippen LogP contribution in [-0.4, -0.2) is 36.9 Å². The second-order valence-corrected chi connectivity index (χ2v) is 5.52. The molecule has 0 saturated carbocycles. The Labute approximate surface area is 92.2 Å². The van der Waals surface area contributed by atoms with Crippen LogP contribution < -0.4 is 0 Å². The molecule has 1 rings (SSSR count). The summed E-state index contributed by atoms with van der Waals surface area (Å²) in [4.78, 5) is 0. The number of hydrogen-bond donors (Lipinski definition) is 0. The Morgan fingerprint density at radius 3 is 3.15 bits per heavy atom. The zero-order valence-electron chi connectivity index (χ0n) is 7.82. The van der Waals surface area contributed by atoms with Crippen molar-refractivity contribution in [3.05, 3.63) is 10.5 Å². The fourth-order valence-corrected chi connectivity index (χ4v) is 3.21. The standard InChI is InChI=1S/C8H14O2S3/c1-9-7-5-10-8(13-7)6-12-4-3-11-2/h6-7H,3-5H2,1-2H3. The SMILES string of the molecule is COC1COC(=CSCCSC)S1. The number of thioether (sulfide) groups is 3. The molecule has 13 heavy (non-hydrogen) atoms. The Morgan fingerprint density at radius 2 is 2.54 bits per heavy atom. The van der Waals surface area contributed by atoms with Crippen molar-refractivity contribution < 1.29 is 9.47 Å². The first-order valence-corrected chi connectivity index (χ1v) is 7.32. The number of rotatable bonds is 5. The third-order valence-electron chi connectivity index (χ3n) is 1.46. The van der Waals surface area contributed by atoms with Gasteiger partial charge in [0, 0.05) is 24.0 Å². The average Bonchev–Trinajstić information content (AvgIpc) is 2.60. The van der Waals surface area contributed by atoms with Gasteiger partial charge in [-0.05, 0) is 6.26 Å². The molecule has 5 heteroatoms. The Bertz CT molecular complexity index is 173. The van der Waals surface area contributed by atoms with Crippen LogP contribution in [0.1, 0.15) is 0 Å². The molecule has 0 amide bonds. The largest absolute Gasteiger partial charge is 0.483 e. The summed E-state index contributed by atoms with van der Waals surface area (Å²) >= 11 is 5.33. The van der Waals surface area contributed by atoms with E-state index in [1.165, 1.54) is 5.75 Å². The molecule has 1 aliphatic rings. The maximum absolute atomic E-state index is 5.41. The molecule has 1 fully saturated rings. The second kappa shape index (κ2) is 6.92. The van der Waals surface area contributed by atoms with Crippen LogP contribution in [0.3, 0.4) is 0 Å². The zero-order chi connectivity index (χ0) is 9.52. The van der Waals surface area contributed by atoms with E-state index < -0.39 is 0 Å². The fourth-order valence-electron chi connectivity index (χ4n) is 0.784. The van der Waals surface area contributed by atoms with E-state index >= 15 is 0 Å². The molecule has 1 unspecified atom stereocenters. The minimum absolute atomic E-state index is 0.187. The van der Waals surface area contributed by atoms with E-state index in [0.29, 0.717) is 6.61 Å². The number of methoxy groups -OCH3 is 1. The molecule has 1 heterocycles. The van der Waals surface area contributed by atoms with Crippen LogP contribution in [0, 0.1) is 0 Å². The summed E-state index contributed by atoms with van der Waals surface area (Å²) in [6.07, 6.45) is 2.12. The molecule has 1 saturated heterocycles. The molecule has 0 aromatic heterocycles. The van der Waals surface area contributed by atoms with Crippen molar-refractivity contribution in [2.24, 2.45) is 0 Å². The van der Waals surface area contributed by atoms with Crippen LogP contribution >= 0.6 is 35.3 Å². The minimum Gasteiger partial charge on any atom is -0.483 e. The van der Waals surface area contributed by atoms with Gasteiger partial charge in [-0.15, -0.1) is 11.8 Å². The van der Waals surface area contributed by atoms with E-state index in [-0.39, 0.29) is 5.44 Å². The summed E-state index contributed by atoms with van der Waals surface area (Å²) in [6, 6.07) is 0. The summed E-state index contributed by atoms with van der Waals surface area (Å²) in [7, 11) is 1.71. The van der Waals surface area contributed by atoms with E-state index in [2.05, 4.69) is 11.7 Å². The molecule has 0 radical (unpaired) electrons. The van der Waals surface area contributed by atoms with Gasteiger partial charge in [-0.2, -0.15) is 11.8 Å². The van der Waals surface area contributed by atoms with Gasteiger partial charge in [0.05, 0.1) is 0 Å². The summed E-state index contributed by atoms with van der Waals surface area (Å²) in [5.74, 6) is 2.33. The molecule has 76 valence electrons. The van der Waals surface area contributed by atoms with Crippen molar-refractivity contribution in [3.63, 3.8) is 0 Å². The molecule has 0 spiro atoms. The Hall–Kier alpha value is 0.550. The predicted octanol–water partition coefficient (Wildman–Crippen LogP) is 2.62. The monoisotopic (exact) mass is 238 g/mol. The summed E-state index contributed by atoms with van der Waals surface area (Å²) in [5, 5.41) is 3.08. The van der Waals surface area contributed by atoms with Gasteiger partial charge < -0.3 is 9.47 Å². The first-order valence-electron chi connectivity index (χ1n) is 3.99. The molecule has 0 N–H and O–H groups in total. The summed E-state index contributed by atoms with van der Waals surface area (Å²) in [6.45, 7) is 0.677. The third-order valence-corrected chi connectivity index (χ3v) is 4.36. The lowest BCUT2D eigenvalue weighted by Crippen LogP contribution is -2.04. The lowest BCUT2D eigenvalue weighted by atomic mass is 10.8. The minimum atomic E-state index is 0.187. The predicted molar refractivity (Wildman–Crippen MR) is 63.3 cm³/mol. The normalized spacial score (nSPS) is 25.1. The van der Waals surface area contributed by atoms with Gasteiger partial charge in [0.25, 0.3) is 0 Å². The van der Waals surface area contributed by atoms with Gasteiger partial charge in [-0.3, -0.25) is 0 Å². The van der Waals surface area contributed by atoms with Crippen molar-refractivity contribution in [2.45, 2.75) is 5.44 Å². The maximum atomic E-state index is 5.41. The van der Waals surface area contributed by atoms with Crippen molar-refractivity contribution in [1.29, 1.82) is 0 Å². The topological polar surface area (TPSA) is 18.5 Å². The molecule has 2 nitrogen and oxygen atoms in total. The molecule has 0 aromatic carbocycles. The average molecular weight is 238 g/mol. The lowest BCUT2D eigenvalue weighted by molar-refractivity contribution is 0.113. The van der Waals surface area contributed by atoms with Gasteiger partial charge in [0.15, 0.2) is 5.09 Å². The van der Waals surface area contributed by atoms with Crippen LogP contribution in [0.4, 0.5) is 0 Å². The zero-order valence-corrected chi connectivity index (χ0v) is 10.3. The fraction of sp³-hybridized carbons (Fsp3) is 0.750. The molecule has 1 aliphatic heterocycles.